The van der Waals surface area contributed by atoms with Gasteiger partial charge in [0.1, 0.15) is 0 Å². The first-order valence-electron chi connectivity index (χ1n) is 14.5. The Balaban J connectivity index is 0.00000326. The van der Waals surface area contributed by atoms with E-state index in [2.05, 4.69) is 80.4 Å². The van der Waals surface area contributed by atoms with Crippen molar-refractivity contribution in [3.8, 4) is 0 Å². The summed E-state index contributed by atoms with van der Waals surface area (Å²) in [5, 5.41) is 4.51. The number of benzene rings is 1. The molecule has 216 valence electrons. The fourth-order valence-electron chi connectivity index (χ4n) is 3.64. The minimum Gasteiger partial charge on any atom is -0.498 e. The lowest BCUT2D eigenvalue weighted by molar-refractivity contribution is -0.0571. The summed E-state index contributed by atoms with van der Waals surface area (Å²) in [6.07, 6.45) is 8.88. The highest BCUT2D eigenvalue weighted by molar-refractivity contribution is 5.79. The topological polar surface area (TPSA) is 55.3 Å². The van der Waals surface area contributed by atoms with E-state index in [-0.39, 0.29) is 6.29 Å². The highest BCUT2D eigenvalue weighted by atomic mass is 16.7. The fraction of sp³-hybridized carbons (Fsp3) is 0.594. The van der Waals surface area contributed by atoms with Crippen LogP contribution in [-0.2, 0) is 14.2 Å². The summed E-state index contributed by atoms with van der Waals surface area (Å²) in [5.74, 6) is 0.873. The Morgan fingerprint density at radius 2 is 1.66 bits per heavy atom. The van der Waals surface area contributed by atoms with Crippen LogP contribution in [0.15, 0.2) is 64.2 Å². The molecule has 1 aromatic carbocycles. The molecule has 1 saturated heterocycles. The first-order valence-corrected chi connectivity index (χ1v) is 14.5. The monoisotopic (exact) mass is 529 g/mol. The molecule has 0 bridgehead atoms. The number of rotatable bonds is 14. The van der Waals surface area contributed by atoms with Gasteiger partial charge in [-0.15, -0.1) is 0 Å². The quantitative estimate of drug-likeness (QED) is 0.115. The summed E-state index contributed by atoms with van der Waals surface area (Å²) in [5.41, 5.74) is 8.80. The Morgan fingerprint density at radius 1 is 1.03 bits per heavy atom. The molecule has 1 heterocycles. The molecule has 6 heteroatoms. The third-order valence-corrected chi connectivity index (χ3v) is 5.35. The average Bonchev–Trinajstić information content (AvgIpc) is 3.43. The van der Waals surface area contributed by atoms with Gasteiger partial charge in [-0.05, 0) is 58.3 Å². The molecule has 0 saturated carbocycles. The van der Waals surface area contributed by atoms with Crippen molar-refractivity contribution in [3.63, 3.8) is 0 Å². The molecule has 38 heavy (non-hydrogen) atoms. The van der Waals surface area contributed by atoms with Crippen molar-refractivity contribution < 1.29 is 14.2 Å². The molecule has 1 aliphatic rings. The Hall–Kier alpha value is -2.57. The van der Waals surface area contributed by atoms with E-state index in [1.54, 1.807) is 0 Å². The number of aryl methyl sites for hydroxylation is 1. The minimum atomic E-state index is -0.146. The molecule has 0 amide bonds. The smallest absolute Gasteiger partial charge is 0.161 e. The summed E-state index contributed by atoms with van der Waals surface area (Å²) in [6.45, 7) is 24.6. The van der Waals surface area contributed by atoms with Crippen molar-refractivity contribution in [2.24, 2.45) is 5.10 Å². The van der Waals surface area contributed by atoms with Crippen LogP contribution in [0.1, 0.15) is 92.7 Å². The van der Waals surface area contributed by atoms with Crippen LogP contribution in [0.2, 0.25) is 0 Å². The van der Waals surface area contributed by atoms with Gasteiger partial charge in [0.2, 0.25) is 0 Å². The highest BCUT2D eigenvalue weighted by Crippen LogP contribution is 2.17. The third-order valence-electron chi connectivity index (χ3n) is 5.35. The standard InChI is InChI=1S/C28H43N3O3.2C2H6/c1-7-13-31(14-8-2)26(19-24(6)32-15-12-28-33-16-17-34-28)20-27(22(3)4)30-29-21-25-11-9-10-23(5)18-25;2*1-2/h9-11,18-21,28,30H,7-8,12-17H2,1-6H3;2*1-2H3/b24-19+,26-20+,29-21+;;. The second-order valence-electron chi connectivity index (χ2n) is 8.82. The van der Waals surface area contributed by atoms with Gasteiger partial charge in [0, 0.05) is 25.2 Å². The van der Waals surface area contributed by atoms with Gasteiger partial charge in [-0.3, -0.25) is 5.43 Å². The number of nitrogens with zero attached hydrogens (tertiary/aromatic N) is 2. The SMILES string of the molecule is CC.CC.CCCN(CCC)C(/C=C(\C)OCCC1OCCO1)=C/C(N/N=C/c1cccc(C)c1)=C(C)C. The Bertz CT molecular complexity index is 858. The summed E-state index contributed by atoms with van der Waals surface area (Å²) in [7, 11) is 0. The zero-order valence-corrected chi connectivity index (χ0v) is 25.9. The van der Waals surface area contributed by atoms with Crippen molar-refractivity contribution >= 4 is 6.21 Å². The number of hydrogen-bond donors (Lipinski definition) is 1. The van der Waals surface area contributed by atoms with E-state index in [0.29, 0.717) is 19.8 Å². The highest BCUT2D eigenvalue weighted by Gasteiger charge is 2.15. The van der Waals surface area contributed by atoms with Crippen LogP contribution in [0.25, 0.3) is 0 Å². The van der Waals surface area contributed by atoms with Gasteiger partial charge in [0.15, 0.2) is 6.29 Å². The lowest BCUT2D eigenvalue weighted by Gasteiger charge is -2.26. The molecule has 1 N–H and O–H groups in total. The van der Waals surface area contributed by atoms with Crippen LogP contribution in [0.4, 0.5) is 0 Å². The maximum Gasteiger partial charge on any atom is 0.161 e. The van der Waals surface area contributed by atoms with Crippen LogP contribution >= 0.6 is 0 Å². The predicted octanol–water partition coefficient (Wildman–Crippen LogP) is 7.95. The van der Waals surface area contributed by atoms with E-state index >= 15 is 0 Å². The molecule has 1 fully saturated rings. The van der Waals surface area contributed by atoms with Gasteiger partial charge in [0.25, 0.3) is 0 Å². The summed E-state index contributed by atoms with van der Waals surface area (Å²) < 4.78 is 17.0. The van der Waals surface area contributed by atoms with Crippen LogP contribution in [0.5, 0.6) is 0 Å². The van der Waals surface area contributed by atoms with E-state index in [4.69, 9.17) is 14.2 Å². The number of allylic oxidation sites excluding steroid dienone is 4. The van der Waals surface area contributed by atoms with Crippen molar-refractivity contribution in [2.75, 3.05) is 32.9 Å². The van der Waals surface area contributed by atoms with Crippen LogP contribution in [0.3, 0.4) is 0 Å². The van der Waals surface area contributed by atoms with Gasteiger partial charge < -0.3 is 19.1 Å². The number of nitrogens with one attached hydrogen (secondary N) is 1. The fourth-order valence-corrected chi connectivity index (χ4v) is 3.64. The molecule has 0 aliphatic carbocycles. The lowest BCUT2D eigenvalue weighted by atomic mass is 10.1. The van der Waals surface area contributed by atoms with Gasteiger partial charge in [0.05, 0.1) is 37.5 Å². The van der Waals surface area contributed by atoms with Gasteiger partial charge >= 0.3 is 0 Å². The van der Waals surface area contributed by atoms with Crippen LogP contribution in [-0.4, -0.2) is 50.3 Å². The summed E-state index contributed by atoms with van der Waals surface area (Å²) in [6, 6.07) is 8.30. The Morgan fingerprint density at radius 3 is 2.21 bits per heavy atom. The van der Waals surface area contributed by atoms with Crippen molar-refractivity contribution in [3.05, 3.63) is 70.3 Å². The van der Waals surface area contributed by atoms with E-state index in [0.717, 1.165) is 60.6 Å². The first kappa shape index (κ1) is 35.4. The summed E-state index contributed by atoms with van der Waals surface area (Å²) >= 11 is 0. The third kappa shape index (κ3) is 15.0. The second kappa shape index (κ2) is 22.4. The molecular formula is C32H55N3O3. The van der Waals surface area contributed by atoms with Gasteiger partial charge in [-0.25, -0.2) is 0 Å². The normalized spacial score (nSPS) is 13.8. The Kier molecular flexibility index (Phi) is 20.9. The second-order valence-corrected chi connectivity index (χ2v) is 8.82. The number of hydrogen-bond acceptors (Lipinski definition) is 6. The molecule has 0 unspecified atom stereocenters. The molecule has 0 radical (unpaired) electrons. The van der Waals surface area contributed by atoms with E-state index in [9.17, 15) is 0 Å². The molecule has 1 aromatic rings. The zero-order valence-electron chi connectivity index (χ0n) is 25.9. The van der Waals surface area contributed by atoms with Crippen molar-refractivity contribution in [2.45, 2.75) is 94.8 Å². The molecule has 0 atom stereocenters. The van der Waals surface area contributed by atoms with Crippen LogP contribution in [0, 0.1) is 6.92 Å². The average molecular weight is 530 g/mol. The molecule has 1 aliphatic heterocycles. The van der Waals surface area contributed by atoms with Gasteiger partial charge in [-0.2, -0.15) is 5.10 Å². The van der Waals surface area contributed by atoms with E-state index in [1.807, 2.05) is 46.9 Å². The first-order chi connectivity index (χ1) is 18.4. The summed E-state index contributed by atoms with van der Waals surface area (Å²) in [4.78, 5) is 2.41. The van der Waals surface area contributed by atoms with Crippen molar-refractivity contribution in [1.82, 2.24) is 10.3 Å². The molecule has 0 spiro atoms. The largest absolute Gasteiger partial charge is 0.498 e. The maximum atomic E-state index is 6.00. The maximum absolute atomic E-state index is 6.00. The van der Waals surface area contributed by atoms with E-state index in [1.165, 1.54) is 5.56 Å². The van der Waals surface area contributed by atoms with Crippen molar-refractivity contribution in [1.29, 1.82) is 0 Å². The predicted molar refractivity (Wildman–Crippen MR) is 163 cm³/mol. The Labute approximate surface area is 233 Å². The molecule has 2 rings (SSSR count). The van der Waals surface area contributed by atoms with Gasteiger partial charge in [-0.1, -0.05) is 76.9 Å². The molecule has 6 nitrogen and oxygen atoms in total. The van der Waals surface area contributed by atoms with Crippen LogP contribution < -0.4 is 5.43 Å². The minimum absolute atomic E-state index is 0.146. The number of hydrazone groups is 1. The number of ether oxygens (including phenoxy) is 3. The van der Waals surface area contributed by atoms with E-state index < -0.39 is 0 Å². The molecule has 0 aromatic heterocycles. The molecular weight excluding hydrogens is 474 g/mol. The zero-order chi connectivity index (χ0) is 28.8. The lowest BCUT2D eigenvalue weighted by Crippen LogP contribution is -2.25.